The first kappa shape index (κ1) is 10.5. The Morgan fingerprint density at radius 2 is 2.15 bits per heavy atom. The van der Waals surface area contributed by atoms with E-state index in [4.69, 9.17) is 9.47 Å². The molecule has 0 amide bonds. The summed E-state index contributed by atoms with van der Waals surface area (Å²) in [5, 5.41) is 0. The highest BCUT2D eigenvalue weighted by molar-refractivity contribution is 5.69. The predicted molar refractivity (Wildman–Crippen MR) is 49.4 cm³/mol. The topological polar surface area (TPSA) is 38.8 Å². The Morgan fingerprint density at radius 3 is 2.69 bits per heavy atom. The van der Waals surface area contributed by atoms with Crippen molar-refractivity contribution >= 4 is 5.97 Å². The van der Waals surface area contributed by atoms with Crippen molar-refractivity contribution in [1.29, 1.82) is 0 Å². The molecule has 76 valence electrons. The Morgan fingerprint density at radius 1 is 1.46 bits per heavy atom. The van der Waals surface area contributed by atoms with Gasteiger partial charge in [0.2, 0.25) is 0 Å². The molecule has 1 fully saturated rings. The maximum Gasteiger partial charge on any atom is 0.305 e. The highest BCUT2D eigenvalue weighted by Crippen LogP contribution is 2.20. The summed E-state index contributed by atoms with van der Waals surface area (Å²) in [5.74, 6) is -0.0869. The van der Waals surface area contributed by atoms with Gasteiger partial charge in [-0.25, -0.2) is 0 Å². The van der Waals surface area contributed by atoms with Crippen molar-refractivity contribution in [3.05, 3.63) is 0 Å². The van der Waals surface area contributed by atoms with E-state index in [0.717, 1.165) is 19.3 Å². The summed E-state index contributed by atoms with van der Waals surface area (Å²) in [6, 6.07) is 0. The molecular weight excluding hydrogens is 168 g/mol. The van der Waals surface area contributed by atoms with Crippen LogP contribution in [0.15, 0.2) is 0 Å². The number of unbranched alkanes of at least 4 members (excludes halogenated alkanes) is 2. The molecule has 1 aliphatic rings. The van der Waals surface area contributed by atoms with Gasteiger partial charge in [0, 0.05) is 6.42 Å². The normalized spacial score (nSPS) is 25.7. The van der Waals surface area contributed by atoms with E-state index < -0.39 is 0 Å². The Kier molecular flexibility index (Phi) is 4.22. The van der Waals surface area contributed by atoms with Crippen LogP contribution < -0.4 is 0 Å². The molecule has 0 aromatic rings. The number of rotatable bonds is 6. The minimum Gasteiger partial charge on any atom is -0.463 e. The van der Waals surface area contributed by atoms with Gasteiger partial charge in [-0.05, 0) is 13.3 Å². The van der Waals surface area contributed by atoms with E-state index in [-0.39, 0.29) is 18.2 Å². The molecule has 0 spiro atoms. The van der Waals surface area contributed by atoms with Gasteiger partial charge in [-0.2, -0.15) is 0 Å². The minimum absolute atomic E-state index is 0.0869. The van der Waals surface area contributed by atoms with Crippen LogP contribution in [-0.2, 0) is 14.3 Å². The summed E-state index contributed by atoms with van der Waals surface area (Å²) in [6.45, 7) is 4.53. The van der Waals surface area contributed by atoms with Crippen molar-refractivity contribution in [2.75, 3.05) is 6.61 Å². The monoisotopic (exact) mass is 186 g/mol. The fourth-order valence-corrected chi connectivity index (χ4v) is 1.17. The van der Waals surface area contributed by atoms with Gasteiger partial charge in [0.15, 0.2) is 0 Å². The second-order valence-electron chi connectivity index (χ2n) is 3.52. The Bertz CT molecular complexity index is 168. The second kappa shape index (κ2) is 5.22. The van der Waals surface area contributed by atoms with Gasteiger partial charge in [0.05, 0.1) is 6.10 Å². The van der Waals surface area contributed by atoms with E-state index in [1.54, 1.807) is 0 Å². The lowest BCUT2D eigenvalue weighted by Gasteiger charge is -2.01. The van der Waals surface area contributed by atoms with Gasteiger partial charge in [-0.1, -0.05) is 19.8 Å². The van der Waals surface area contributed by atoms with E-state index in [1.807, 2.05) is 6.92 Å². The van der Waals surface area contributed by atoms with Gasteiger partial charge in [-0.3, -0.25) is 4.79 Å². The molecule has 0 aromatic heterocycles. The van der Waals surface area contributed by atoms with Crippen LogP contribution in [0.3, 0.4) is 0 Å². The average molecular weight is 186 g/mol. The number of carbonyl (C=O) groups is 1. The summed E-state index contributed by atoms with van der Waals surface area (Å²) in [5.41, 5.74) is 0. The third kappa shape index (κ3) is 4.27. The largest absolute Gasteiger partial charge is 0.463 e. The molecule has 3 heteroatoms. The lowest BCUT2D eigenvalue weighted by Crippen LogP contribution is -2.10. The van der Waals surface area contributed by atoms with Gasteiger partial charge >= 0.3 is 5.97 Å². The Balaban J connectivity index is 1.92. The third-order valence-corrected chi connectivity index (χ3v) is 2.23. The lowest BCUT2D eigenvalue weighted by molar-refractivity contribution is -0.144. The highest BCUT2D eigenvalue weighted by atomic mass is 16.6. The lowest BCUT2D eigenvalue weighted by atomic mass is 10.2. The first-order chi connectivity index (χ1) is 6.24. The van der Waals surface area contributed by atoms with Crippen LogP contribution in [0.2, 0.25) is 0 Å². The van der Waals surface area contributed by atoms with Crippen molar-refractivity contribution in [1.82, 2.24) is 0 Å². The molecule has 0 N–H and O–H groups in total. The Labute approximate surface area is 79.4 Å². The van der Waals surface area contributed by atoms with Crippen molar-refractivity contribution in [3.8, 4) is 0 Å². The third-order valence-electron chi connectivity index (χ3n) is 2.23. The molecule has 13 heavy (non-hydrogen) atoms. The maximum atomic E-state index is 11.1. The van der Waals surface area contributed by atoms with E-state index in [0.29, 0.717) is 13.0 Å². The number of hydrogen-bond donors (Lipinski definition) is 0. The zero-order valence-corrected chi connectivity index (χ0v) is 8.41. The summed E-state index contributed by atoms with van der Waals surface area (Å²) in [6.07, 6.45) is 4.17. The molecule has 0 radical (unpaired) electrons. The van der Waals surface area contributed by atoms with E-state index in [1.165, 1.54) is 0 Å². The van der Waals surface area contributed by atoms with Crippen LogP contribution in [-0.4, -0.2) is 24.8 Å². The van der Waals surface area contributed by atoms with Crippen LogP contribution in [0.25, 0.3) is 0 Å². The van der Waals surface area contributed by atoms with E-state index in [2.05, 4.69) is 6.92 Å². The van der Waals surface area contributed by atoms with Crippen molar-refractivity contribution < 1.29 is 14.3 Å². The van der Waals surface area contributed by atoms with Crippen molar-refractivity contribution in [2.45, 2.75) is 51.7 Å². The fourth-order valence-electron chi connectivity index (χ4n) is 1.17. The van der Waals surface area contributed by atoms with Gasteiger partial charge in [0.25, 0.3) is 0 Å². The molecule has 2 unspecified atom stereocenters. The molecule has 1 saturated heterocycles. The second-order valence-corrected chi connectivity index (χ2v) is 3.52. The first-order valence-corrected chi connectivity index (χ1v) is 5.05. The van der Waals surface area contributed by atoms with Gasteiger partial charge < -0.3 is 9.47 Å². The van der Waals surface area contributed by atoms with Crippen LogP contribution >= 0.6 is 0 Å². The van der Waals surface area contributed by atoms with Crippen LogP contribution in [0.4, 0.5) is 0 Å². The maximum absolute atomic E-state index is 11.1. The number of hydrogen-bond acceptors (Lipinski definition) is 3. The molecule has 3 nitrogen and oxygen atoms in total. The zero-order valence-electron chi connectivity index (χ0n) is 8.41. The van der Waals surface area contributed by atoms with Crippen molar-refractivity contribution in [3.63, 3.8) is 0 Å². The molecule has 0 aliphatic carbocycles. The molecular formula is C10H18O3. The van der Waals surface area contributed by atoms with Gasteiger partial charge in [-0.15, -0.1) is 0 Å². The van der Waals surface area contributed by atoms with Crippen LogP contribution in [0.5, 0.6) is 0 Å². The predicted octanol–water partition coefficient (Wildman–Crippen LogP) is 1.90. The molecule has 0 bridgehead atoms. The Hall–Kier alpha value is -0.570. The SMILES string of the molecule is CCCCCC(=O)OCC1OC1C. The quantitative estimate of drug-likeness (QED) is 0.361. The van der Waals surface area contributed by atoms with Gasteiger partial charge in [0.1, 0.15) is 12.7 Å². The standard InChI is InChI=1S/C10H18O3/c1-3-4-5-6-10(11)12-7-9-8(2)13-9/h8-9H,3-7H2,1-2H3. The van der Waals surface area contributed by atoms with E-state index in [9.17, 15) is 4.79 Å². The summed E-state index contributed by atoms with van der Waals surface area (Å²) in [4.78, 5) is 11.1. The molecule has 1 aliphatic heterocycles. The van der Waals surface area contributed by atoms with Crippen LogP contribution in [0.1, 0.15) is 39.5 Å². The molecule has 1 rings (SSSR count). The molecule has 0 saturated carbocycles. The average Bonchev–Trinajstić information content (AvgIpc) is 2.79. The number of ether oxygens (including phenoxy) is 2. The molecule has 1 heterocycles. The number of epoxide rings is 1. The number of esters is 1. The summed E-state index contributed by atoms with van der Waals surface area (Å²) >= 11 is 0. The summed E-state index contributed by atoms with van der Waals surface area (Å²) < 4.78 is 10.1. The number of carbonyl (C=O) groups excluding carboxylic acids is 1. The smallest absolute Gasteiger partial charge is 0.305 e. The zero-order chi connectivity index (χ0) is 9.68. The van der Waals surface area contributed by atoms with E-state index >= 15 is 0 Å². The fraction of sp³-hybridized carbons (Fsp3) is 0.900. The molecule has 2 atom stereocenters. The highest BCUT2D eigenvalue weighted by Gasteiger charge is 2.35. The first-order valence-electron chi connectivity index (χ1n) is 5.05. The molecule has 0 aromatic carbocycles. The minimum atomic E-state index is -0.0869. The van der Waals surface area contributed by atoms with Crippen LogP contribution in [0, 0.1) is 0 Å². The summed E-state index contributed by atoms with van der Waals surface area (Å²) in [7, 11) is 0. The van der Waals surface area contributed by atoms with Crippen molar-refractivity contribution in [2.24, 2.45) is 0 Å².